The topological polar surface area (TPSA) is 0 Å². The summed E-state index contributed by atoms with van der Waals surface area (Å²) in [6.07, 6.45) is 0. The highest BCUT2D eigenvalue weighted by molar-refractivity contribution is 6.42. The van der Waals surface area contributed by atoms with E-state index in [2.05, 4.69) is 0 Å². The largest absolute Gasteiger partial charge is 0.0824 e. The third-order valence-electron chi connectivity index (χ3n) is 0.944. The van der Waals surface area contributed by atoms with Crippen molar-refractivity contribution in [2.75, 3.05) is 0 Å². The van der Waals surface area contributed by atoms with Crippen molar-refractivity contribution >= 4 is 23.2 Å². The van der Waals surface area contributed by atoms with Crippen LogP contribution < -0.4 is 0 Å². The molecule has 10 heavy (non-hydrogen) atoms. The Balaban J connectivity index is 3.79. The summed E-state index contributed by atoms with van der Waals surface area (Å²) >= 11 is 11.4. The fourth-order valence-corrected chi connectivity index (χ4v) is 0.738. The lowest BCUT2D eigenvalue weighted by Gasteiger charge is -2.01. The van der Waals surface area contributed by atoms with Gasteiger partial charge in [-0.2, -0.15) is 0 Å². The van der Waals surface area contributed by atoms with E-state index in [9.17, 15) is 0 Å². The summed E-state index contributed by atoms with van der Waals surface area (Å²) < 4.78 is 58.5. The zero-order valence-electron chi connectivity index (χ0n) is 12.8. The van der Waals surface area contributed by atoms with Gasteiger partial charge in [-0.1, -0.05) is 35.3 Å². The molecule has 0 saturated carbocycles. The molecule has 0 unspecified atom stereocenters. The van der Waals surface area contributed by atoms with Gasteiger partial charge in [0.2, 0.25) is 0 Å². The van der Waals surface area contributed by atoms with Crippen LogP contribution in [0.5, 0.6) is 0 Å². The molecule has 0 radical (unpaired) electrons. The minimum atomic E-state index is -2.74. The zero-order valence-corrected chi connectivity index (χ0v) is 6.27. The summed E-state index contributed by atoms with van der Waals surface area (Å²) in [6.45, 7) is -5.47. The first-order chi connectivity index (χ1) is 7.89. The third-order valence-corrected chi connectivity index (χ3v) is 1.80. The predicted molar refractivity (Wildman–Crippen MR) is 45.9 cm³/mol. The van der Waals surface area contributed by atoms with Gasteiger partial charge in [0, 0.05) is 8.22 Å². The van der Waals surface area contributed by atoms with Crippen molar-refractivity contribution in [1.29, 1.82) is 0 Å². The van der Waals surface area contributed by atoms with Gasteiger partial charge in [0.05, 0.1) is 12.8 Å². The van der Waals surface area contributed by atoms with Crippen LogP contribution in [0.3, 0.4) is 0 Å². The predicted octanol–water partition coefficient (Wildman–Crippen LogP) is 3.61. The van der Waals surface area contributed by atoms with Gasteiger partial charge < -0.3 is 0 Å². The van der Waals surface area contributed by atoms with E-state index in [1.165, 1.54) is 0 Å². The molecule has 0 fully saturated rings. The average molecular weight is 183 g/mol. The number of hydrogen-bond donors (Lipinski definition) is 0. The molecule has 0 aliphatic rings. The summed E-state index contributed by atoms with van der Waals surface area (Å²) in [5.74, 6) is 0. The van der Waals surface area contributed by atoms with E-state index in [0.29, 0.717) is 0 Å². The van der Waals surface area contributed by atoms with E-state index in [4.69, 9.17) is 34.2 Å². The first-order valence-electron chi connectivity index (χ1n) is 6.38. The molecule has 0 spiro atoms. The van der Waals surface area contributed by atoms with E-state index in [1.807, 2.05) is 0 Å². The number of hydrogen-bond acceptors (Lipinski definition) is 0. The third kappa shape index (κ3) is 1.28. The second kappa shape index (κ2) is 2.81. The molecule has 0 heterocycles. The second-order valence-electron chi connectivity index (χ2n) is 1.63. The standard InChI is InChI=1S/C8H8Cl2/c1-5-3-4-6(2)8(10)7(5)9/h3-4H,1-2H3/i1D3,2D3,3D,4D. The first-order valence-corrected chi connectivity index (χ1v) is 3.13. The minimum absolute atomic E-state index is 0.510. The van der Waals surface area contributed by atoms with E-state index in [0.717, 1.165) is 0 Å². The molecule has 0 amide bonds. The van der Waals surface area contributed by atoms with Gasteiger partial charge in [-0.25, -0.2) is 0 Å². The van der Waals surface area contributed by atoms with E-state index < -0.39 is 47.0 Å². The van der Waals surface area contributed by atoms with Crippen LogP contribution in [0.15, 0.2) is 12.1 Å². The fourth-order valence-electron chi connectivity index (χ4n) is 0.454. The van der Waals surface area contributed by atoms with Crippen LogP contribution in [0.1, 0.15) is 22.1 Å². The molecular formula is C8H8Cl2. The van der Waals surface area contributed by atoms with Crippen molar-refractivity contribution in [1.82, 2.24) is 0 Å². The Hall–Kier alpha value is -0.200. The Bertz CT molecular complexity index is 413. The molecule has 1 aromatic rings. The molecule has 0 N–H and O–H groups in total. The second-order valence-corrected chi connectivity index (χ2v) is 2.38. The van der Waals surface area contributed by atoms with Crippen LogP contribution in [-0.4, -0.2) is 0 Å². The van der Waals surface area contributed by atoms with Gasteiger partial charge >= 0.3 is 0 Å². The highest BCUT2D eigenvalue weighted by Crippen LogP contribution is 2.27. The molecule has 2 heteroatoms. The van der Waals surface area contributed by atoms with Crippen LogP contribution in [0.25, 0.3) is 0 Å². The Labute approximate surface area is 82.0 Å². The van der Waals surface area contributed by atoms with Crippen LogP contribution in [0.4, 0.5) is 0 Å². The normalized spacial score (nSPS) is 24.2. The maximum atomic E-state index is 7.57. The smallest absolute Gasteiger partial charge is 0.0626 e. The van der Waals surface area contributed by atoms with Gasteiger partial charge in [-0.05, 0) is 24.8 Å². The summed E-state index contributed by atoms with van der Waals surface area (Å²) in [5, 5.41) is -1.02. The van der Waals surface area contributed by atoms with E-state index >= 15 is 0 Å². The van der Waals surface area contributed by atoms with Crippen molar-refractivity contribution in [3.63, 3.8) is 0 Å². The lowest BCUT2D eigenvalue weighted by molar-refractivity contribution is 1.40. The summed E-state index contributed by atoms with van der Waals surface area (Å²) in [6, 6.07) is -1.48. The summed E-state index contributed by atoms with van der Waals surface area (Å²) in [7, 11) is 0. The lowest BCUT2D eigenvalue weighted by atomic mass is 10.2. The number of benzene rings is 1. The molecule has 1 rings (SSSR count). The summed E-state index contributed by atoms with van der Waals surface area (Å²) in [5.41, 5.74) is -1.21. The van der Waals surface area contributed by atoms with E-state index in [-0.39, 0.29) is 0 Å². The molecule has 0 bridgehead atoms. The molecule has 0 saturated heterocycles. The summed E-state index contributed by atoms with van der Waals surface area (Å²) in [4.78, 5) is 0. The highest BCUT2D eigenvalue weighted by Gasteiger charge is 2.02. The molecule has 0 atom stereocenters. The van der Waals surface area contributed by atoms with Gasteiger partial charge in [-0.15, -0.1) is 0 Å². The van der Waals surface area contributed by atoms with Crippen molar-refractivity contribution in [3.05, 3.63) is 33.3 Å². The quantitative estimate of drug-likeness (QED) is 0.576. The lowest BCUT2D eigenvalue weighted by Crippen LogP contribution is -1.79. The Kier molecular flexibility index (Phi) is 0.673. The van der Waals surface area contributed by atoms with E-state index in [1.54, 1.807) is 0 Å². The maximum absolute atomic E-state index is 7.57. The van der Waals surface area contributed by atoms with Crippen LogP contribution >= 0.6 is 23.2 Å². The van der Waals surface area contributed by atoms with Gasteiger partial charge in [-0.3, -0.25) is 0 Å². The monoisotopic (exact) mass is 182 g/mol. The zero-order chi connectivity index (χ0) is 14.5. The van der Waals surface area contributed by atoms with Crippen LogP contribution in [-0.2, 0) is 0 Å². The average Bonchev–Trinajstić information content (AvgIpc) is 2.10. The Morgan fingerprint density at radius 3 is 1.90 bits per heavy atom. The van der Waals surface area contributed by atoms with Crippen molar-refractivity contribution < 1.29 is 11.0 Å². The number of halogens is 2. The Morgan fingerprint density at radius 2 is 1.60 bits per heavy atom. The first kappa shape index (κ1) is 2.40. The molecule has 1 aromatic carbocycles. The van der Waals surface area contributed by atoms with Crippen molar-refractivity contribution in [3.8, 4) is 0 Å². The molecule has 54 valence electrons. The molecule has 0 aliphatic heterocycles. The van der Waals surface area contributed by atoms with Crippen LogP contribution in [0.2, 0.25) is 10.0 Å². The molecular weight excluding hydrogens is 167 g/mol. The minimum Gasteiger partial charge on any atom is -0.0824 e. The van der Waals surface area contributed by atoms with Crippen molar-refractivity contribution in [2.45, 2.75) is 13.7 Å². The number of rotatable bonds is 0. The van der Waals surface area contributed by atoms with Gasteiger partial charge in [0.25, 0.3) is 0 Å². The molecule has 0 nitrogen and oxygen atoms in total. The van der Waals surface area contributed by atoms with Crippen LogP contribution in [0, 0.1) is 13.7 Å². The Morgan fingerprint density at radius 1 is 1.20 bits per heavy atom. The highest BCUT2D eigenvalue weighted by atomic mass is 35.5. The SMILES string of the molecule is [2H]c1c([2H])c(C([2H])([2H])[2H])c(Cl)c(Cl)c1C([2H])([2H])[2H]. The maximum Gasteiger partial charge on any atom is 0.0626 e. The molecule has 0 aromatic heterocycles. The van der Waals surface area contributed by atoms with Crippen molar-refractivity contribution in [2.24, 2.45) is 0 Å². The fraction of sp³-hybridized carbons (Fsp3) is 0.250. The van der Waals surface area contributed by atoms with Gasteiger partial charge in [0.1, 0.15) is 0 Å². The van der Waals surface area contributed by atoms with Gasteiger partial charge in [0.15, 0.2) is 0 Å². The molecule has 0 aliphatic carbocycles.